The molecule has 1 nitrogen and oxygen atoms in total. The third-order valence-electron chi connectivity index (χ3n) is 1.72. The van der Waals surface area contributed by atoms with Crippen LogP contribution < -0.4 is 5.73 Å². The van der Waals surface area contributed by atoms with Gasteiger partial charge in [-0.25, -0.2) is 0 Å². The fourth-order valence-electron chi connectivity index (χ4n) is 1.09. The van der Waals surface area contributed by atoms with E-state index in [1.54, 1.807) is 0 Å². The van der Waals surface area contributed by atoms with Crippen LogP contribution in [0.4, 0.5) is 0 Å². The van der Waals surface area contributed by atoms with E-state index in [1.165, 1.54) is 0 Å². The monoisotopic (exact) mass is 243 g/mol. The molecule has 3 heteroatoms. The van der Waals surface area contributed by atoms with Gasteiger partial charge in [0.2, 0.25) is 0 Å². The highest BCUT2D eigenvalue weighted by Crippen LogP contribution is 2.22. The third-order valence-corrected chi connectivity index (χ3v) is 3.21. The lowest BCUT2D eigenvalue weighted by molar-refractivity contribution is 1.33. The van der Waals surface area contributed by atoms with Crippen molar-refractivity contribution in [3.05, 3.63) is 33.3 Å². The number of rotatable bonds is 1. The van der Waals surface area contributed by atoms with Crippen LogP contribution >= 0.6 is 28.1 Å². The summed E-state index contributed by atoms with van der Waals surface area (Å²) in [5, 5.41) is 0. The fraction of sp³-hybridized carbons (Fsp3) is 0.222. The molecule has 0 fully saturated rings. The van der Waals surface area contributed by atoms with Gasteiger partial charge in [-0.3, -0.25) is 0 Å². The zero-order valence-electron chi connectivity index (χ0n) is 7.02. The quantitative estimate of drug-likeness (QED) is 0.768. The third kappa shape index (κ3) is 1.84. The SMILES string of the molecule is Cc1cc(C(N)=S)cc(C)c1Br. The fourth-order valence-corrected chi connectivity index (χ4v) is 1.43. The van der Waals surface area contributed by atoms with Crippen LogP contribution in [-0.2, 0) is 0 Å². The summed E-state index contributed by atoms with van der Waals surface area (Å²) in [7, 11) is 0. The first-order valence-corrected chi connectivity index (χ1v) is 4.79. The number of benzene rings is 1. The van der Waals surface area contributed by atoms with Crippen molar-refractivity contribution in [2.24, 2.45) is 5.73 Å². The molecule has 1 rings (SSSR count). The maximum absolute atomic E-state index is 5.52. The molecule has 2 N–H and O–H groups in total. The first-order chi connectivity index (χ1) is 5.52. The van der Waals surface area contributed by atoms with Gasteiger partial charge >= 0.3 is 0 Å². The maximum Gasteiger partial charge on any atom is 0.104 e. The van der Waals surface area contributed by atoms with Crippen LogP contribution in [0.3, 0.4) is 0 Å². The first-order valence-electron chi connectivity index (χ1n) is 3.59. The van der Waals surface area contributed by atoms with E-state index in [0.717, 1.165) is 21.2 Å². The van der Waals surface area contributed by atoms with Crippen molar-refractivity contribution < 1.29 is 0 Å². The lowest BCUT2D eigenvalue weighted by Gasteiger charge is -2.05. The average molecular weight is 244 g/mol. The maximum atomic E-state index is 5.52. The molecule has 12 heavy (non-hydrogen) atoms. The smallest absolute Gasteiger partial charge is 0.104 e. The summed E-state index contributed by atoms with van der Waals surface area (Å²) in [5.74, 6) is 0. The molecule has 0 aromatic heterocycles. The summed E-state index contributed by atoms with van der Waals surface area (Å²) in [6, 6.07) is 3.97. The number of nitrogens with two attached hydrogens (primary N) is 1. The molecule has 0 radical (unpaired) electrons. The van der Waals surface area contributed by atoms with Crippen molar-refractivity contribution in [3.8, 4) is 0 Å². The van der Waals surface area contributed by atoms with Gasteiger partial charge in [0.05, 0.1) is 0 Å². The molecule has 0 saturated carbocycles. The second kappa shape index (κ2) is 3.54. The van der Waals surface area contributed by atoms with Crippen molar-refractivity contribution in [3.63, 3.8) is 0 Å². The van der Waals surface area contributed by atoms with Gasteiger partial charge in [-0.05, 0) is 37.1 Å². The molecule has 0 atom stereocenters. The summed E-state index contributed by atoms with van der Waals surface area (Å²) in [5.41, 5.74) is 8.78. The molecule has 0 heterocycles. The highest BCUT2D eigenvalue weighted by Gasteiger charge is 2.03. The Morgan fingerprint density at radius 1 is 1.33 bits per heavy atom. The lowest BCUT2D eigenvalue weighted by atomic mass is 10.1. The Morgan fingerprint density at radius 3 is 2.08 bits per heavy atom. The van der Waals surface area contributed by atoms with E-state index >= 15 is 0 Å². The molecule has 0 bridgehead atoms. The van der Waals surface area contributed by atoms with Crippen LogP contribution in [0.1, 0.15) is 16.7 Å². The van der Waals surface area contributed by atoms with Crippen molar-refractivity contribution in [1.29, 1.82) is 0 Å². The van der Waals surface area contributed by atoms with Crippen LogP contribution in [0.5, 0.6) is 0 Å². The van der Waals surface area contributed by atoms with Crippen molar-refractivity contribution in [2.45, 2.75) is 13.8 Å². The number of aryl methyl sites for hydroxylation is 2. The Hall–Kier alpha value is -0.410. The largest absolute Gasteiger partial charge is 0.389 e. The molecule has 0 aliphatic rings. The summed E-state index contributed by atoms with van der Waals surface area (Å²) in [4.78, 5) is 0.453. The van der Waals surface area contributed by atoms with Gasteiger partial charge < -0.3 is 5.73 Å². The summed E-state index contributed by atoms with van der Waals surface area (Å²) < 4.78 is 1.13. The molecular weight excluding hydrogens is 234 g/mol. The van der Waals surface area contributed by atoms with Gasteiger partial charge in [0.15, 0.2) is 0 Å². The predicted octanol–water partition coefficient (Wildman–Crippen LogP) is 2.70. The number of thiocarbonyl (C=S) groups is 1. The van der Waals surface area contributed by atoms with Gasteiger partial charge in [-0.15, -0.1) is 0 Å². The second-order valence-electron chi connectivity index (χ2n) is 2.79. The Labute approximate surface area is 86.1 Å². The number of halogens is 1. The minimum atomic E-state index is 0.453. The second-order valence-corrected chi connectivity index (χ2v) is 4.02. The molecule has 1 aromatic rings. The van der Waals surface area contributed by atoms with E-state index in [2.05, 4.69) is 15.9 Å². The molecule has 0 spiro atoms. The van der Waals surface area contributed by atoms with Crippen molar-refractivity contribution in [1.82, 2.24) is 0 Å². The standard InChI is InChI=1S/C9H10BrNS/c1-5-3-7(9(11)12)4-6(2)8(5)10/h3-4H,1-2H3,(H2,11,12). The molecule has 0 saturated heterocycles. The Morgan fingerprint density at radius 2 is 1.75 bits per heavy atom. The Balaban J connectivity index is 3.31. The molecule has 1 aromatic carbocycles. The highest BCUT2D eigenvalue weighted by atomic mass is 79.9. The highest BCUT2D eigenvalue weighted by molar-refractivity contribution is 9.10. The van der Waals surface area contributed by atoms with Crippen LogP contribution in [0.15, 0.2) is 16.6 Å². The van der Waals surface area contributed by atoms with E-state index in [4.69, 9.17) is 18.0 Å². The van der Waals surface area contributed by atoms with Crippen LogP contribution in [0, 0.1) is 13.8 Å². The molecule has 64 valence electrons. The minimum absolute atomic E-state index is 0.453. The summed E-state index contributed by atoms with van der Waals surface area (Å²) >= 11 is 8.37. The summed E-state index contributed by atoms with van der Waals surface area (Å²) in [6.45, 7) is 4.05. The van der Waals surface area contributed by atoms with E-state index in [1.807, 2.05) is 26.0 Å². The van der Waals surface area contributed by atoms with Crippen LogP contribution in [0.2, 0.25) is 0 Å². The molecule has 0 aliphatic carbocycles. The van der Waals surface area contributed by atoms with Gasteiger partial charge in [0.1, 0.15) is 4.99 Å². The van der Waals surface area contributed by atoms with E-state index in [0.29, 0.717) is 4.99 Å². The first kappa shape index (κ1) is 9.68. The zero-order chi connectivity index (χ0) is 9.30. The number of hydrogen-bond acceptors (Lipinski definition) is 1. The molecular formula is C9H10BrNS. The number of hydrogen-bond donors (Lipinski definition) is 1. The van der Waals surface area contributed by atoms with Crippen molar-refractivity contribution >= 4 is 33.1 Å². The summed E-state index contributed by atoms with van der Waals surface area (Å²) in [6.07, 6.45) is 0. The average Bonchev–Trinajstić information content (AvgIpc) is 1.99. The topological polar surface area (TPSA) is 26.0 Å². The Kier molecular flexibility index (Phi) is 2.85. The van der Waals surface area contributed by atoms with E-state index in [-0.39, 0.29) is 0 Å². The predicted molar refractivity (Wildman–Crippen MR) is 59.5 cm³/mol. The van der Waals surface area contributed by atoms with Gasteiger partial charge in [0.25, 0.3) is 0 Å². The van der Waals surface area contributed by atoms with Crippen molar-refractivity contribution in [2.75, 3.05) is 0 Å². The van der Waals surface area contributed by atoms with E-state index in [9.17, 15) is 0 Å². The zero-order valence-corrected chi connectivity index (χ0v) is 9.42. The molecule has 0 aliphatic heterocycles. The minimum Gasteiger partial charge on any atom is -0.389 e. The van der Waals surface area contributed by atoms with Crippen LogP contribution in [0.25, 0.3) is 0 Å². The van der Waals surface area contributed by atoms with E-state index < -0.39 is 0 Å². The molecule has 0 unspecified atom stereocenters. The van der Waals surface area contributed by atoms with Gasteiger partial charge in [-0.2, -0.15) is 0 Å². The van der Waals surface area contributed by atoms with Crippen LogP contribution in [-0.4, -0.2) is 4.99 Å². The molecule has 0 amide bonds. The normalized spacial score (nSPS) is 9.92. The Bertz CT molecular complexity index is 310. The van der Waals surface area contributed by atoms with Gasteiger partial charge in [-0.1, -0.05) is 28.1 Å². The lowest BCUT2D eigenvalue weighted by Crippen LogP contribution is -2.09. The van der Waals surface area contributed by atoms with Gasteiger partial charge in [0, 0.05) is 10.0 Å².